The third-order valence-electron chi connectivity index (χ3n) is 4.37. The van der Waals surface area contributed by atoms with Gasteiger partial charge in [0.05, 0.1) is 12.2 Å². The van der Waals surface area contributed by atoms with Gasteiger partial charge in [0.15, 0.2) is 5.96 Å². The summed E-state index contributed by atoms with van der Waals surface area (Å²) in [6.45, 7) is 9.78. The molecular weight excluding hydrogens is 417 g/mol. The highest BCUT2D eigenvalue weighted by molar-refractivity contribution is 14.0. The Labute approximate surface area is 162 Å². The first kappa shape index (κ1) is 21.2. The zero-order valence-corrected chi connectivity index (χ0v) is 17.7. The number of halogens is 1. The van der Waals surface area contributed by atoms with E-state index in [-0.39, 0.29) is 24.0 Å². The summed E-state index contributed by atoms with van der Waals surface area (Å²) >= 11 is 0. The minimum atomic E-state index is 0. The molecule has 138 valence electrons. The summed E-state index contributed by atoms with van der Waals surface area (Å²) in [7, 11) is 5.95. The van der Waals surface area contributed by atoms with E-state index in [1.165, 1.54) is 26.2 Å². The highest BCUT2D eigenvalue weighted by Gasteiger charge is 2.16. The average Bonchev–Trinajstić information content (AvgIpc) is 2.95. The summed E-state index contributed by atoms with van der Waals surface area (Å²) in [5.41, 5.74) is 1.14. The van der Waals surface area contributed by atoms with Crippen molar-refractivity contribution < 1.29 is 0 Å². The number of likely N-dealkylation sites (N-methyl/N-ethyl adjacent to an activating group) is 1. The van der Waals surface area contributed by atoms with Gasteiger partial charge in [0.25, 0.3) is 0 Å². The van der Waals surface area contributed by atoms with Crippen LogP contribution < -0.4 is 10.6 Å². The van der Waals surface area contributed by atoms with Crippen LogP contribution in [-0.4, -0.2) is 78.9 Å². The van der Waals surface area contributed by atoms with Crippen LogP contribution in [0.3, 0.4) is 0 Å². The van der Waals surface area contributed by atoms with E-state index in [2.05, 4.69) is 44.5 Å². The molecule has 1 saturated heterocycles. The standard InChI is InChI=1S/C16H31N7.HI/c1-14(13-23-9-7-21(3)8-10-23)11-18-16(17-2)19-12-15-5-6-20-22(15)4;/h5-6,14H,7-13H2,1-4H3,(H2,17,18,19);1H. The summed E-state index contributed by atoms with van der Waals surface area (Å²) in [6, 6.07) is 2.01. The second kappa shape index (κ2) is 10.9. The SMILES string of the molecule is CN=C(NCc1ccnn1C)NCC(C)CN1CCN(C)CC1.I. The van der Waals surface area contributed by atoms with Crippen LogP contribution in [0.1, 0.15) is 12.6 Å². The quantitative estimate of drug-likeness (QED) is 0.378. The molecule has 1 atom stereocenters. The van der Waals surface area contributed by atoms with Gasteiger partial charge in [-0.05, 0) is 19.0 Å². The van der Waals surface area contributed by atoms with Gasteiger partial charge >= 0.3 is 0 Å². The third kappa shape index (κ3) is 6.94. The summed E-state index contributed by atoms with van der Waals surface area (Å²) in [6.07, 6.45) is 1.81. The Balaban J connectivity index is 0.00000288. The zero-order chi connectivity index (χ0) is 16.7. The van der Waals surface area contributed by atoms with Gasteiger partial charge in [-0.1, -0.05) is 6.92 Å². The molecule has 7 nitrogen and oxygen atoms in total. The molecule has 0 radical (unpaired) electrons. The number of nitrogens with zero attached hydrogens (tertiary/aromatic N) is 5. The molecule has 2 heterocycles. The van der Waals surface area contributed by atoms with E-state index in [0.717, 1.165) is 31.3 Å². The van der Waals surface area contributed by atoms with Crippen molar-refractivity contribution in [3.05, 3.63) is 18.0 Å². The van der Waals surface area contributed by atoms with E-state index in [1.54, 1.807) is 0 Å². The van der Waals surface area contributed by atoms with Crippen molar-refractivity contribution >= 4 is 29.9 Å². The molecule has 2 N–H and O–H groups in total. The zero-order valence-electron chi connectivity index (χ0n) is 15.3. The van der Waals surface area contributed by atoms with Crippen molar-refractivity contribution in [2.75, 3.05) is 53.4 Å². The summed E-state index contributed by atoms with van der Waals surface area (Å²) in [4.78, 5) is 9.24. The lowest BCUT2D eigenvalue weighted by molar-refractivity contribution is 0.139. The summed E-state index contributed by atoms with van der Waals surface area (Å²) in [5.74, 6) is 1.44. The molecular formula is C16H32IN7. The fourth-order valence-corrected chi connectivity index (χ4v) is 2.78. The molecule has 0 bridgehead atoms. The fraction of sp³-hybridized carbons (Fsp3) is 0.750. The van der Waals surface area contributed by atoms with Crippen LogP contribution in [-0.2, 0) is 13.6 Å². The predicted octanol–water partition coefficient (Wildman–Crippen LogP) is 0.587. The third-order valence-corrected chi connectivity index (χ3v) is 4.37. The van der Waals surface area contributed by atoms with E-state index < -0.39 is 0 Å². The van der Waals surface area contributed by atoms with Crippen molar-refractivity contribution in [1.29, 1.82) is 0 Å². The number of rotatable bonds is 6. The number of piperazine rings is 1. The van der Waals surface area contributed by atoms with Gasteiger partial charge in [-0.25, -0.2) is 0 Å². The molecule has 24 heavy (non-hydrogen) atoms. The number of nitrogens with one attached hydrogen (secondary N) is 2. The maximum atomic E-state index is 4.29. The van der Waals surface area contributed by atoms with Gasteiger partial charge in [0, 0.05) is 59.6 Å². The largest absolute Gasteiger partial charge is 0.356 e. The number of aryl methyl sites for hydroxylation is 1. The van der Waals surface area contributed by atoms with Crippen LogP contribution in [0.4, 0.5) is 0 Å². The minimum Gasteiger partial charge on any atom is -0.356 e. The van der Waals surface area contributed by atoms with Gasteiger partial charge in [0.2, 0.25) is 0 Å². The summed E-state index contributed by atoms with van der Waals surface area (Å²) < 4.78 is 1.87. The highest BCUT2D eigenvalue weighted by Crippen LogP contribution is 2.03. The first-order valence-corrected chi connectivity index (χ1v) is 8.40. The molecule has 0 aliphatic carbocycles. The molecule has 1 unspecified atom stereocenters. The highest BCUT2D eigenvalue weighted by atomic mass is 127. The van der Waals surface area contributed by atoms with E-state index in [9.17, 15) is 0 Å². The Hall–Kier alpha value is -0.870. The molecule has 0 saturated carbocycles. The average molecular weight is 449 g/mol. The van der Waals surface area contributed by atoms with Gasteiger partial charge in [-0.2, -0.15) is 5.10 Å². The molecule has 0 aromatic carbocycles. The molecule has 0 spiro atoms. The summed E-state index contributed by atoms with van der Waals surface area (Å²) in [5, 5.41) is 10.9. The van der Waals surface area contributed by atoms with Crippen molar-refractivity contribution in [3.63, 3.8) is 0 Å². The lowest BCUT2D eigenvalue weighted by atomic mass is 10.1. The number of hydrogen-bond acceptors (Lipinski definition) is 4. The maximum absolute atomic E-state index is 4.29. The number of guanidine groups is 1. The van der Waals surface area contributed by atoms with E-state index in [0.29, 0.717) is 5.92 Å². The molecule has 1 aliphatic rings. The van der Waals surface area contributed by atoms with Gasteiger partial charge < -0.3 is 20.4 Å². The molecule has 8 heteroatoms. The Morgan fingerprint density at radius 2 is 1.96 bits per heavy atom. The maximum Gasteiger partial charge on any atom is 0.191 e. The minimum absolute atomic E-state index is 0. The van der Waals surface area contributed by atoms with E-state index >= 15 is 0 Å². The lowest BCUT2D eigenvalue weighted by Crippen LogP contribution is -2.47. The normalized spacial score (nSPS) is 18.1. The van der Waals surface area contributed by atoms with Gasteiger partial charge in [0.1, 0.15) is 0 Å². The van der Waals surface area contributed by atoms with Crippen LogP contribution in [0.2, 0.25) is 0 Å². The molecule has 1 aliphatic heterocycles. The van der Waals surface area contributed by atoms with Gasteiger partial charge in [-0.15, -0.1) is 24.0 Å². The first-order valence-electron chi connectivity index (χ1n) is 8.40. The van der Waals surface area contributed by atoms with E-state index in [4.69, 9.17) is 0 Å². The van der Waals surface area contributed by atoms with Crippen LogP contribution in [0, 0.1) is 5.92 Å². The van der Waals surface area contributed by atoms with Crippen LogP contribution in [0.5, 0.6) is 0 Å². The van der Waals surface area contributed by atoms with Crippen molar-refractivity contribution in [3.8, 4) is 0 Å². The Morgan fingerprint density at radius 3 is 2.54 bits per heavy atom. The smallest absolute Gasteiger partial charge is 0.191 e. The van der Waals surface area contributed by atoms with Crippen molar-refractivity contribution in [1.82, 2.24) is 30.2 Å². The van der Waals surface area contributed by atoms with Crippen molar-refractivity contribution in [2.45, 2.75) is 13.5 Å². The van der Waals surface area contributed by atoms with Crippen molar-refractivity contribution in [2.24, 2.45) is 18.0 Å². The molecule has 1 aromatic rings. The predicted molar refractivity (Wildman–Crippen MR) is 110 cm³/mol. The lowest BCUT2D eigenvalue weighted by Gasteiger charge is -2.34. The van der Waals surface area contributed by atoms with Crippen LogP contribution in [0.15, 0.2) is 17.3 Å². The molecule has 1 fully saturated rings. The topological polar surface area (TPSA) is 60.7 Å². The Kier molecular flexibility index (Phi) is 9.60. The number of aliphatic imine (C=N–C) groups is 1. The van der Waals surface area contributed by atoms with E-state index in [1.807, 2.05) is 31.0 Å². The Bertz CT molecular complexity index is 494. The molecule has 1 aromatic heterocycles. The van der Waals surface area contributed by atoms with Gasteiger partial charge in [-0.3, -0.25) is 9.67 Å². The number of aromatic nitrogens is 2. The van der Waals surface area contributed by atoms with Crippen LogP contribution in [0.25, 0.3) is 0 Å². The second-order valence-electron chi connectivity index (χ2n) is 6.46. The second-order valence-corrected chi connectivity index (χ2v) is 6.46. The first-order chi connectivity index (χ1) is 11.1. The monoisotopic (exact) mass is 449 g/mol. The number of hydrogen-bond donors (Lipinski definition) is 2. The molecule has 2 rings (SSSR count). The Morgan fingerprint density at radius 1 is 1.25 bits per heavy atom. The molecule has 0 amide bonds. The fourth-order valence-electron chi connectivity index (χ4n) is 2.78. The van der Waals surface area contributed by atoms with Crippen LogP contribution >= 0.6 is 24.0 Å².